The smallest absolute Gasteiger partial charge is 0.387 e. The Kier molecular flexibility index (Phi) is 6.01. The molecule has 0 saturated heterocycles. The minimum absolute atomic E-state index is 0.103. The van der Waals surface area contributed by atoms with E-state index in [4.69, 9.17) is 0 Å². The molecular formula is C13H20F2N2O. The van der Waals surface area contributed by atoms with Crippen molar-refractivity contribution < 1.29 is 13.5 Å². The number of halogens is 2. The van der Waals surface area contributed by atoms with Gasteiger partial charge in [-0.1, -0.05) is 12.1 Å². The van der Waals surface area contributed by atoms with Crippen molar-refractivity contribution in [2.75, 3.05) is 27.2 Å². The van der Waals surface area contributed by atoms with E-state index in [-0.39, 0.29) is 11.8 Å². The van der Waals surface area contributed by atoms with Crippen LogP contribution in [0.25, 0.3) is 0 Å². The van der Waals surface area contributed by atoms with Gasteiger partial charge >= 0.3 is 6.61 Å². The summed E-state index contributed by atoms with van der Waals surface area (Å²) in [4.78, 5) is 2.08. The van der Waals surface area contributed by atoms with Crippen LogP contribution in [-0.2, 0) is 0 Å². The average Bonchev–Trinajstić information content (AvgIpc) is 2.27. The monoisotopic (exact) mass is 258 g/mol. The maximum absolute atomic E-state index is 12.1. The Morgan fingerprint density at radius 3 is 2.67 bits per heavy atom. The molecule has 0 fully saturated rings. The van der Waals surface area contributed by atoms with Gasteiger partial charge in [0.05, 0.1) is 0 Å². The number of benzene rings is 1. The van der Waals surface area contributed by atoms with E-state index in [0.717, 1.165) is 18.7 Å². The van der Waals surface area contributed by atoms with Gasteiger partial charge in [-0.25, -0.2) is 0 Å². The molecule has 0 aliphatic carbocycles. The standard InChI is InChI=1S/C13H20F2N2O/c1-10(16-7-8-17(2)3)11-5-4-6-12(9-11)18-13(14)15/h4-6,9-10,13,16H,7-8H2,1-3H3. The van der Waals surface area contributed by atoms with Gasteiger partial charge in [0.2, 0.25) is 0 Å². The first-order valence-corrected chi connectivity index (χ1v) is 5.92. The lowest BCUT2D eigenvalue weighted by Gasteiger charge is -2.17. The van der Waals surface area contributed by atoms with Crippen molar-refractivity contribution in [3.05, 3.63) is 29.8 Å². The largest absolute Gasteiger partial charge is 0.435 e. The Labute approximate surface area is 107 Å². The molecule has 3 nitrogen and oxygen atoms in total. The molecule has 0 bridgehead atoms. The van der Waals surface area contributed by atoms with Gasteiger partial charge < -0.3 is 15.0 Å². The SMILES string of the molecule is CC(NCCN(C)C)c1cccc(OC(F)F)c1. The van der Waals surface area contributed by atoms with Crippen LogP contribution in [0.4, 0.5) is 8.78 Å². The Bertz CT molecular complexity index is 359. The summed E-state index contributed by atoms with van der Waals surface area (Å²) in [7, 11) is 4.01. The van der Waals surface area contributed by atoms with Crippen LogP contribution in [0.15, 0.2) is 24.3 Å². The highest BCUT2D eigenvalue weighted by Gasteiger charge is 2.08. The predicted octanol–water partition coefficient (Wildman–Crippen LogP) is 2.50. The number of nitrogens with zero attached hydrogens (tertiary/aromatic N) is 1. The fourth-order valence-electron chi connectivity index (χ4n) is 1.58. The third kappa shape index (κ3) is 5.42. The first-order valence-electron chi connectivity index (χ1n) is 5.92. The van der Waals surface area contributed by atoms with Crippen LogP contribution in [0, 0.1) is 0 Å². The fourth-order valence-corrected chi connectivity index (χ4v) is 1.58. The summed E-state index contributed by atoms with van der Waals surface area (Å²) >= 11 is 0. The number of rotatable bonds is 7. The van der Waals surface area contributed by atoms with Crippen LogP contribution in [-0.4, -0.2) is 38.7 Å². The molecule has 0 amide bonds. The zero-order valence-electron chi connectivity index (χ0n) is 11.0. The highest BCUT2D eigenvalue weighted by molar-refractivity contribution is 5.30. The van der Waals surface area contributed by atoms with Crippen LogP contribution in [0.3, 0.4) is 0 Å². The van der Waals surface area contributed by atoms with E-state index in [1.54, 1.807) is 12.1 Å². The summed E-state index contributed by atoms with van der Waals surface area (Å²) in [6, 6.07) is 6.89. The lowest BCUT2D eigenvalue weighted by Crippen LogP contribution is -2.28. The topological polar surface area (TPSA) is 24.5 Å². The van der Waals surface area contributed by atoms with Gasteiger partial charge in [-0.3, -0.25) is 0 Å². The number of hydrogen-bond acceptors (Lipinski definition) is 3. The van der Waals surface area contributed by atoms with Gasteiger partial charge in [-0.15, -0.1) is 0 Å². The first-order chi connectivity index (χ1) is 8.49. The van der Waals surface area contributed by atoms with Gasteiger partial charge in [-0.05, 0) is 38.7 Å². The molecule has 1 N–H and O–H groups in total. The van der Waals surface area contributed by atoms with Crippen molar-refractivity contribution in [1.82, 2.24) is 10.2 Å². The van der Waals surface area contributed by atoms with Crippen LogP contribution in [0.2, 0.25) is 0 Å². The van der Waals surface area contributed by atoms with Crippen molar-refractivity contribution in [3.63, 3.8) is 0 Å². The summed E-state index contributed by atoms with van der Waals surface area (Å²) in [6.07, 6.45) is 0. The molecule has 1 aromatic rings. The minimum Gasteiger partial charge on any atom is -0.435 e. The molecule has 0 saturated carbocycles. The molecule has 102 valence electrons. The van der Waals surface area contributed by atoms with Crippen LogP contribution in [0.5, 0.6) is 5.75 Å². The summed E-state index contributed by atoms with van der Waals surface area (Å²) in [5, 5.41) is 3.33. The van der Waals surface area contributed by atoms with E-state index in [1.165, 1.54) is 6.07 Å². The van der Waals surface area contributed by atoms with E-state index in [9.17, 15) is 8.78 Å². The van der Waals surface area contributed by atoms with Gasteiger partial charge in [0.1, 0.15) is 5.75 Å². The van der Waals surface area contributed by atoms with Crippen LogP contribution >= 0.6 is 0 Å². The van der Waals surface area contributed by atoms with Crippen LogP contribution in [0.1, 0.15) is 18.5 Å². The van der Waals surface area contributed by atoms with Crippen molar-refractivity contribution >= 4 is 0 Å². The highest BCUT2D eigenvalue weighted by Crippen LogP contribution is 2.20. The first kappa shape index (κ1) is 14.9. The third-order valence-corrected chi connectivity index (χ3v) is 2.59. The molecule has 0 radical (unpaired) electrons. The lowest BCUT2D eigenvalue weighted by molar-refractivity contribution is -0.0499. The number of likely N-dealkylation sites (N-methyl/N-ethyl adjacent to an activating group) is 1. The maximum atomic E-state index is 12.1. The van der Waals surface area contributed by atoms with Crippen molar-refractivity contribution in [2.45, 2.75) is 19.6 Å². The second kappa shape index (κ2) is 7.28. The molecule has 18 heavy (non-hydrogen) atoms. The molecule has 0 heterocycles. The van der Waals surface area contributed by atoms with Gasteiger partial charge in [0.15, 0.2) is 0 Å². The van der Waals surface area contributed by atoms with E-state index < -0.39 is 6.61 Å². The summed E-state index contributed by atoms with van der Waals surface area (Å²) < 4.78 is 28.6. The third-order valence-electron chi connectivity index (χ3n) is 2.59. The normalized spacial score (nSPS) is 13.1. The Morgan fingerprint density at radius 2 is 2.06 bits per heavy atom. The fraction of sp³-hybridized carbons (Fsp3) is 0.538. The zero-order chi connectivity index (χ0) is 13.5. The van der Waals surface area contributed by atoms with Gasteiger partial charge in [0, 0.05) is 19.1 Å². The Hall–Kier alpha value is -1.20. The lowest BCUT2D eigenvalue weighted by atomic mass is 10.1. The van der Waals surface area contributed by atoms with E-state index in [1.807, 2.05) is 27.1 Å². The second-order valence-corrected chi connectivity index (χ2v) is 4.43. The van der Waals surface area contributed by atoms with Crippen LogP contribution < -0.4 is 10.1 Å². The van der Waals surface area contributed by atoms with E-state index in [0.29, 0.717) is 0 Å². The van der Waals surface area contributed by atoms with Crippen molar-refractivity contribution in [3.8, 4) is 5.75 Å². The molecular weight excluding hydrogens is 238 g/mol. The number of alkyl halides is 2. The molecule has 0 aromatic heterocycles. The molecule has 1 aromatic carbocycles. The number of ether oxygens (including phenoxy) is 1. The summed E-state index contributed by atoms with van der Waals surface area (Å²) in [5.41, 5.74) is 0.937. The molecule has 1 unspecified atom stereocenters. The Balaban J connectivity index is 2.54. The van der Waals surface area contributed by atoms with E-state index >= 15 is 0 Å². The van der Waals surface area contributed by atoms with Crippen molar-refractivity contribution in [2.24, 2.45) is 0 Å². The van der Waals surface area contributed by atoms with Crippen molar-refractivity contribution in [1.29, 1.82) is 0 Å². The minimum atomic E-state index is -2.78. The Morgan fingerprint density at radius 1 is 1.33 bits per heavy atom. The average molecular weight is 258 g/mol. The molecule has 0 spiro atoms. The van der Waals surface area contributed by atoms with E-state index in [2.05, 4.69) is 15.0 Å². The van der Waals surface area contributed by atoms with Gasteiger partial charge in [-0.2, -0.15) is 8.78 Å². The quantitative estimate of drug-likeness (QED) is 0.813. The van der Waals surface area contributed by atoms with Gasteiger partial charge in [0.25, 0.3) is 0 Å². The maximum Gasteiger partial charge on any atom is 0.387 e. The molecule has 0 aliphatic heterocycles. The second-order valence-electron chi connectivity index (χ2n) is 4.43. The summed E-state index contributed by atoms with van der Waals surface area (Å²) in [5.74, 6) is 0.198. The highest BCUT2D eigenvalue weighted by atomic mass is 19.3. The summed E-state index contributed by atoms with van der Waals surface area (Å²) in [6.45, 7) is 0.986. The molecule has 0 aliphatic rings. The number of nitrogens with one attached hydrogen (secondary N) is 1. The predicted molar refractivity (Wildman–Crippen MR) is 68.0 cm³/mol. The molecule has 1 rings (SSSR count). The molecule has 1 atom stereocenters. The molecule has 5 heteroatoms. The zero-order valence-corrected chi connectivity index (χ0v) is 11.0. The number of hydrogen-bond donors (Lipinski definition) is 1.